The first-order valence-corrected chi connectivity index (χ1v) is 9.34. The summed E-state index contributed by atoms with van der Waals surface area (Å²) in [7, 11) is 0. The number of carbonyl (C=O) groups excluding carboxylic acids is 1. The molecule has 4 rings (SSSR count). The third kappa shape index (κ3) is 3.33. The highest BCUT2D eigenvalue weighted by molar-refractivity contribution is 7.99. The molecule has 0 radical (unpaired) electrons. The standard InChI is InChI=1S/C17H11Cl2N5OS/c18-10-5-3-6-11(19)15(10)21-13(25)8-26-17-22-16-14(23-24-17)9-4-1-2-7-12(9)20-16/h1-7H,8H2,(H,21,25)(H,20,22,24). The molecule has 26 heavy (non-hydrogen) atoms. The predicted molar refractivity (Wildman–Crippen MR) is 105 cm³/mol. The molecule has 0 unspecified atom stereocenters. The summed E-state index contributed by atoms with van der Waals surface area (Å²) in [4.78, 5) is 19.8. The summed E-state index contributed by atoms with van der Waals surface area (Å²) < 4.78 is 0. The minimum atomic E-state index is -0.259. The van der Waals surface area contributed by atoms with Crippen LogP contribution in [0.5, 0.6) is 0 Å². The molecule has 0 aliphatic carbocycles. The summed E-state index contributed by atoms with van der Waals surface area (Å²) in [6.07, 6.45) is 0. The van der Waals surface area contributed by atoms with Crippen LogP contribution >= 0.6 is 35.0 Å². The Bertz CT molecular complexity index is 1110. The third-order valence-corrected chi connectivity index (χ3v) is 5.13. The van der Waals surface area contributed by atoms with Crippen LogP contribution in [0.2, 0.25) is 10.0 Å². The van der Waals surface area contributed by atoms with Crippen molar-refractivity contribution in [3.05, 3.63) is 52.5 Å². The number of para-hydroxylation sites is 2. The lowest BCUT2D eigenvalue weighted by molar-refractivity contribution is -0.113. The first-order valence-electron chi connectivity index (χ1n) is 7.59. The second-order valence-corrected chi connectivity index (χ2v) is 7.15. The van der Waals surface area contributed by atoms with Crippen molar-refractivity contribution in [1.82, 2.24) is 20.2 Å². The zero-order valence-corrected chi connectivity index (χ0v) is 15.5. The molecule has 6 nitrogen and oxygen atoms in total. The predicted octanol–water partition coefficient (Wildman–Crippen LogP) is 4.54. The number of hydrogen-bond donors (Lipinski definition) is 2. The second-order valence-electron chi connectivity index (χ2n) is 5.40. The van der Waals surface area contributed by atoms with E-state index in [-0.39, 0.29) is 11.7 Å². The largest absolute Gasteiger partial charge is 0.338 e. The first-order chi connectivity index (χ1) is 12.6. The summed E-state index contributed by atoms with van der Waals surface area (Å²) in [5, 5.41) is 13.1. The second kappa shape index (κ2) is 7.11. The van der Waals surface area contributed by atoms with E-state index in [0.717, 1.165) is 10.9 Å². The van der Waals surface area contributed by atoms with Crippen LogP contribution in [0.4, 0.5) is 5.69 Å². The van der Waals surface area contributed by atoms with Gasteiger partial charge < -0.3 is 10.3 Å². The molecule has 0 aliphatic rings. The zero-order valence-electron chi connectivity index (χ0n) is 13.2. The van der Waals surface area contributed by atoms with Crippen LogP contribution in [0.1, 0.15) is 0 Å². The number of benzene rings is 2. The Hall–Kier alpha value is -2.35. The minimum absolute atomic E-state index is 0.106. The molecule has 4 aromatic rings. The average molecular weight is 404 g/mol. The number of thioether (sulfide) groups is 1. The Morgan fingerprint density at radius 3 is 2.65 bits per heavy atom. The summed E-state index contributed by atoms with van der Waals surface area (Å²) >= 11 is 13.3. The normalized spacial score (nSPS) is 11.2. The van der Waals surface area contributed by atoms with Crippen LogP contribution in [0, 0.1) is 0 Å². The van der Waals surface area contributed by atoms with Gasteiger partial charge in [0.1, 0.15) is 5.52 Å². The number of nitrogens with one attached hydrogen (secondary N) is 2. The van der Waals surface area contributed by atoms with Crippen molar-refractivity contribution in [2.75, 3.05) is 11.1 Å². The van der Waals surface area contributed by atoms with Crippen LogP contribution in [-0.4, -0.2) is 31.8 Å². The van der Waals surface area contributed by atoms with Crippen molar-refractivity contribution in [3.63, 3.8) is 0 Å². The molecular weight excluding hydrogens is 393 g/mol. The molecule has 2 N–H and O–H groups in total. The summed E-state index contributed by atoms with van der Waals surface area (Å²) in [6, 6.07) is 12.8. The highest BCUT2D eigenvalue weighted by Crippen LogP contribution is 2.30. The number of halogens is 2. The molecule has 130 valence electrons. The smallest absolute Gasteiger partial charge is 0.234 e. The fourth-order valence-corrected chi connectivity index (χ4v) is 3.57. The number of H-pyrrole nitrogens is 1. The Kier molecular flexibility index (Phi) is 4.67. The Balaban J connectivity index is 1.49. The van der Waals surface area contributed by atoms with Gasteiger partial charge in [0.2, 0.25) is 11.1 Å². The van der Waals surface area contributed by atoms with Crippen molar-refractivity contribution < 1.29 is 4.79 Å². The molecule has 1 amide bonds. The fraction of sp³-hybridized carbons (Fsp3) is 0.0588. The first kappa shape index (κ1) is 17.1. The van der Waals surface area contributed by atoms with Gasteiger partial charge in [0, 0.05) is 10.9 Å². The van der Waals surface area contributed by atoms with Gasteiger partial charge in [-0.25, -0.2) is 4.98 Å². The van der Waals surface area contributed by atoms with Crippen LogP contribution in [0.25, 0.3) is 22.1 Å². The van der Waals surface area contributed by atoms with Crippen molar-refractivity contribution >= 4 is 68.6 Å². The van der Waals surface area contributed by atoms with E-state index in [1.54, 1.807) is 18.2 Å². The van der Waals surface area contributed by atoms with Crippen molar-refractivity contribution in [2.24, 2.45) is 0 Å². The highest BCUT2D eigenvalue weighted by Gasteiger charge is 2.13. The molecule has 2 aromatic heterocycles. The lowest BCUT2D eigenvalue weighted by Gasteiger charge is -2.08. The van der Waals surface area contributed by atoms with Gasteiger partial charge in [-0.2, -0.15) is 0 Å². The van der Waals surface area contributed by atoms with Crippen molar-refractivity contribution in [3.8, 4) is 0 Å². The molecule has 0 atom stereocenters. The maximum absolute atomic E-state index is 12.2. The van der Waals surface area contributed by atoms with E-state index in [9.17, 15) is 4.79 Å². The maximum atomic E-state index is 12.2. The van der Waals surface area contributed by atoms with E-state index in [1.165, 1.54) is 11.8 Å². The molecule has 0 bridgehead atoms. The van der Waals surface area contributed by atoms with Crippen LogP contribution in [0.15, 0.2) is 47.6 Å². The lowest BCUT2D eigenvalue weighted by atomic mass is 10.2. The van der Waals surface area contributed by atoms with E-state index in [2.05, 4.69) is 25.5 Å². The van der Waals surface area contributed by atoms with Crippen molar-refractivity contribution in [1.29, 1.82) is 0 Å². The van der Waals surface area contributed by atoms with Gasteiger partial charge in [-0.1, -0.05) is 59.2 Å². The molecule has 0 spiro atoms. The van der Waals surface area contributed by atoms with Gasteiger partial charge in [0.15, 0.2) is 5.65 Å². The SMILES string of the molecule is O=C(CSc1nnc2c(n1)[nH]c1ccccc12)Nc1c(Cl)cccc1Cl. The number of aromatic amines is 1. The van der Waals surface area contributed by atoms with Gasteiger partial charge in [0.05, 0.1) is 21.5 Å². The summed E-state index contributed by atoms with van der Waals surface area (Å²) in [5.74, 6) is -0.153. The van der Waals surface area contributed by atoms with Crippen LogP contribution in [0.3, 0.4) is 0 Å². The monoisotopic (exact) mass is 403 g/mol. The van der Waals surface area contributed by atoms with Gasteiger partial charge in [-0.15, -0.1) is 10.2 Å². The Morgan fingerprint density at radius 2 is 1.85 bits per heavy atom. The molecule has 0 fully saturated rings. The lowest BCUT2D eigenvalue weighted by Crippen LogP contribution is -2.15. The van der Waals surface area contributed by atoms with Gasteiger partial charge in [0.25, 0.3) is 0 Å². The topological polar surface area (TPSA) is 83.6 Å². The Labute approximate surface area is 162 Å². The fourth-order valence-electron chi connectivity index (χ4n) is 2.49. The number of rotatable bonds is 4. The number of fused-ring (bicyclic) bond motifs is 3. The summed E-state index contributed by atoms with van der Waals surface area (Å²) in [5.41, 5.74) is 2.68. The number of amides is 1. The highest BCUT2D eigenvalue weighted by atomic mass is 35.5. The van der Waals surface area contributed by atoms with E-state index in [1.807, 2.05) is 24.3 Å². The average Bonchev–Trinajstić information content (AvgIpc) is 3.01. The van der Waals surface area contributed by atoms with Crippen LogP contribution in [-0.2, 0) is 4.79 Å². The molecule has 0 saturated heterocycles. The number of aromatic nitrogens is 4. The van der Waals surface area contributed by atoms with Crippen molar-refractivity contribution in [2.45, 2.75) is 5.16 Å². The molecule has 0 aliphatic heterocycles. The number of hydrogen-bond acceptors (Lipinski definition) is 5. The van der Waals surface area contributed by atoms with E-state index in [0.29, 0.717) is 32.1 Å². The third-order valence-electron chi connectivity index (χ3n) is 3.66. The Morgan fingerprint density at radius 1 is 1.08 bits per heavy atom. The van der Waals surface area contributed by atoms with Crippen LogP contribution < -0.4 is 5.32 Å². The van der Waals surface area contributed by atoms with E-state index < -0.39 is 0 Å². The van der Waals surface area contributed by atoms with Gasteiger partial charge in [-0.3, -0.25) is 4.79 Å². The molecule has 2 heterocycles. The van der Waals surface area contributed by atoms with E-state index in [4.69, 9.17) is 23.2 Å². The zero-order chi connectivity index (χ0) is 18.1. The number of carbonyl (C=O) groups is 1. The quantitative estimate of drug-likeness (QED) is 0.488. The molecule has 9 heteroatoms. The summed E-state index contributed by atoms with van der Waals surface area (Å²) in [6.45, 7) is 0. The molecular formula is C17H11Cl2N5OS. The van der Waals surface area contributed by atoms with Gasteiger partial charge in [-0.05, 0) is 18.2 Å². The minimum Gasteiger partial charge on any atom is -0.338 e. The molecule has 0 saturated carbocycles. The molecule has 2 aromatic carbocycles. The van der Waals surface area contributed by atoms with E-state index >= 15 is 0 Å². The maximum Gasteiger partial charge on any atom is 0.234 e. The van der Waals surface area contributed by atoms with Gasteiger partial charge >= 0.3 is 0 Å². The number of nitrogens with zero attached hydrogens (tertiary/aromatic N) is 3. The number of anilines is 1.